The lowest BCUT2D eigenvalue weighted by atomic mass is 9.92. The van der Waals surface area contributed by atoms with Crippen molar-refractivity contribution in [1.29, 1.82) is 0 Å². The minimum atomic E-state index is -1.43. The Morgan fingerprint density at radius 3 is 2.27 bits per heavy atom. The maximum absolute atomic E-state index is 13.1. The van der Waals surface area contributed by atoms with Crippen LogP contribution in [0.25, 0.3) is 0 Å². The number of non-ortho nitro benzene ring substituents is 1. The summed E-state index contributed by atoms with van der Waals surface area (Å²) in [6.45, 7) is 4.95. The monoisotopic (exact) mass is 454 g/mol. The number of nitrogens with one attached hydrogen (secondary N) is 2. The fourth-order valence-corrected chi connectivity index (χ4v) is 3.76. The SMILES string of the molecule is COc1ccc(C(NC(=O)CN2C(=O)NC(C)(c3ccc([N+](=O)[O-])cc3)C2=O)C(C)C)cc1. The van der Waals surface area contributed by atoms with Crippen molar-refractivity contribution < 1.29 is 24.0 Å². The highest BCUT2D eigenvalue weighted by molar-refractivity contribution is 6.09. The molecule has 2 atom stereocenters. The largest absolute Gasteiger partial charge is 0.497 e. The lowest BCUT2D eigenvalue weighted by Gasteiger charge is -2.25. The molecule has 1 fully saturated rings. The lowest BCUT2D eigenvalue weighted by Crippen LogP contribution is -2.44. The van der Waals surface area contributed by atoms with Gasteiger partial charge >= 0.3 is 6.03 Å². The van der Waals surface area contributed by atoms with E-state index in [1.54, 1.807) is 19.2 Å². The molecule has 1 aliphatic rings. The van der Waals surface area contributed by atoms with E-state index in [0.717, 1.165) is 10.5 Å². The molecule has 10 nitrogen and oxygen atoms in total. The van der Waals surface area contributed by atoms with E-state index in [-0.39, 0.29) is 17.6 Å². The van der Waals surface area contributed by atoms with Crippen molar-refractivity contribution >= 4 is 23.5 Å². The van der Waals surface area contributed by atoms with E-state index >= 15 is 0 Å². The van der Waals surface area contributed by atoms with Crippen molar-refractivity contribution in [3.05, 3.63) is 69.8 Å². The molecule has 2 unspecified atom stereocenters. The zero-order chi connectivity index (χ0) is 24.3. The highest BCUT2D eigenvalue weighted by Gasteiger charge is 2.49. The molecule has 3 rings (SSSR count). The minimum absolute atomic E-state index is 0.0517. The standard InChI is InChI=1S/C23H26N4O6/c1-14(2)20(15-5-11-18(33-4)12-6-15)24-19(28)13-26-21(29)23(3,25-22(26)30)16-7-9-17(10-8-16)27(31)32/h5-12,14,20H,13H2,1-4H3,(H,24,28)(H,25,30). The van der Waals surface area contributed by atoms with Gasteiger partial charge in [-0.05, 0) is 48.2 Å². The molecule has 33 heavy (non-hydrogen) atoms. The summed E-state index contributed by atoms with van der Waals surface area (Å²) in [5.41, 5.74) is -0.312. The maximum Gasteiger partial charge on any atom is 0.325 e. The van der Waals surface area contributed by atoms with Crippen LogP contribution in [-0.2, 0) is 15.1 Å². The van der Waals surface area contributed by atoms with Crippen LogP contribution in [0.2, 0.25) is 0 Å². The molecule has 0 saturated carbocycles. The average molecular weight is 454 g/mol. The molecule has 2 aromatic rings. The van der Waals surface area contributed by atoms with Gasteiger partial charge in [-0.1, -0.05) is 26.0 Å². The number of hydrogen-bond acceptors (Lipinski definition) is 6. The van der Waals surface area contributed by atoms with Gasteiger partial charge in [-0.15, -0.1) is 0 Å². The Kier molecular flexibility index (Phi) is 6.66. The minimum Gasteiger partial charge on any atom is -0.497 e. The van der Waals surface area contributed by atoms with Crippen LogP contribution in [0.1, 0.15) is 37.9 Å². The van der Waals surface area contributed by atoms with E-state index in [1.165, 1.54) is 31.2 Å². The summed E-state index contributed by atoms with van der Waals surface area (Å²) in [5.74, 6) is -0.351. The third-order valence-electron chi connectivity index (χ3n) is 5.69. The van der Waals surface area contributed by atoms with Crippen molar-refractivity contribution in [3.63, 3.8) is 0 Å². The quantitative estimate of drug-likeness (QED) is 0.358. The number of urea groups is 1. The molecule has 0 radical (unpaired) electrons. The first-order chi connectivity index (χ1) is 15.6. The smallest absolute Gasteiger partial charge is 0.325 e. The second-order valence-corrected chi connectivity index (χ2v) is 8.31. The number of ether oxygens (including phenoxy) is 1. The van der Waals surface area contributed by atoms with Gasteiger partial charge in [-0.25, -0.2) is 4.79 Å². The molecule has 10 heteroatoms. The van der Waals surface area contributed by atoms with Crippen LogP contribution in [0.5, 0.6) is 5.75 Å². The predicted molar refractivity (Wildman–Crippen MR) is 119 cm³/mol. The molecule has 0 aromatic heterocycles. The van der Waals surface area contributed by atoms with Gasteiger partial charge in [0, 0.05) is 12.1 Å². The molecule has 2 aromatic carbocycles. The van der Waals surface area contributed by atoms with Crippen LogP contribution in [0.15, 0.2) is 48.5 Å². The molecule has 1 saturated heterocycles. The Morgan fingerprint density at radius 1 is 1.15 bits per heavy atom. The number of nitrogens with zero attached hydrogens (tertiary/aromatic N) is 2. The van der Waals surface area contributed by atoms with Gasteiger partial charge in [0.1, 0.15) is 17.8 Å². The topological polar surface area (TPSA) is 131 Å². The van der Waals surface area contributed by atoms with Crippen LogP contribution in [0, 0.1) is 16.0 Å². The number of carbonyl (C=O) groups excluding carboxylic acids is 3. The molecule has 2 N–H and O–H groups in total. The van der Waals surface area contributed by atoms with E-state index in [4.69, 9.17) is 4.74 Å². The maximum atomic E-state index is 13.1. The highest BCUT2D eigenvalue weighted by Crippen LogP contribution is 2.30. The van der Waals surface area contributed by atoms with Crippen LogP contribution in [-0.4, -0.2) is 41.3 Å². The first-order valence-electron chi connectivity index (χ1n) is 10.4. The van der Waals surface area contributed by atoms with Crippen molar-refractivity contribution in [2.75, 3.05) is 13.7 Å². The zero-order valence-corrected chi connectivity index (χ0v) is 18.8. The molecular weight excluding hydrogens is 428 g/mol. The first kappa shape index (κ1) is 23.7. The van der Waals surface area contributed by atoms with E-state index < -0.39 is 34.9 Å². The average Bonchev–Trinajstić information content (AvgIpc) is 3.01. The summed E-state index contributed by atoms with van der Waals surface area (Å²) in [6.07, 6.45) is 0. The van der Waals surface area contributed by atoms with Crippen LogP contribution >= 0.6 is 0 Å². The van der Waals surface area contributed by atoms with Gasteiger partial charge in [0.15, 0.2) is 0 Å². The molecule has 1 aliphatic heterocycles. The fraction of sp³-hybridized carbons (Fsp3) is 0.348. The molecule has 4 amide bonds. The summed E-state index contributed by atoms with van der Waals surface area (Å²) in [7, 11) is 1.57. The van der Waals surface area contributed by atoms with Gasteiger partial charge in [-0.3, -0.25) is 24.6 Å². The Hall–Kier alpha value is -3.95. The molecule has 0 bridgehead atoms. The molecule has 1 heterocycles. The number of rotatable bonds is 8. The number of nitro groups is 1. The third-order valence-corrected chi connectivity index (χ3v) is 5.69. The van der Waals surface area contributed by atoms with E-state index in [9.17, 15) is 24.5 Å². The molecule has 0 spiro atoms. The number of carbonyl (C=O) groups is 3. The van der Waals surface area contributed by atoms with Crippen molar-refractivity contribution in [3.8, 4) is 5.75 Å². The van der Waals surface area contributed by atoms with E-state index in [2.05, 4.69) is 10.6 Å². The van der Waals surface area contributed by atoms with Gasteiger partial charge in [-0.2, -0.15) is 0 Å². The highest BCUT2D eigenvalue weighted by atomic mass is 16.6. The summed E-state index contributed by atoms with van der Waals surface area (Å²) in [6, 6.07) is 11.6. The van der Waals surface area contributed by atoms with Gasteiger partial charge in [0.05, 0.1) is 18.1 Å². The second-order valence-electron chi connectivity index (χ2n) is 8.31. The van der Waals surface area contributed by atoms with Crippen molar-refractivity contribution in [1.82, 2.24) is 15.5 Å². The number of benzene rings is 2. The summed E-state index contributed by atoms with van der Waals surface area (Å²) in [4.78, 5) is 49.6. The van der Waals surface area contributed by atoms with E-state index in [1.807, 2.05) is 26.0 Å². The Bertz CT molecular complexity index is 1070. The first-order valence-corrected chi connectivity index (χ1v) is 10.4. The van der Waals surface area contributed by atoms with Crippen molar-refractivity contribution in [2.45, 2.75) is 32.4 Å². The zero-order valence-electron chi connectivity index (χ0n) is 18.8. The Morgan fingerprint density at radius 2 is 1.76 bits per heavy atom. The predicted octanol–water partition coefficient (Wildman–Crippen LogP) is 2.88. The normalized spacial score (nSPS) is 18.8. The van der Waals surface area contributed by atoms with Gasteiger partial charge in [0.25, 0.3) is 11.6 Å². The Balaban J connectivity index is 1.73. The van der Waals surface area contributed by atoms with Crippen LogP contribution < -0.4 is 15.4 Å². The lowest BCUT2D eigenvalue weighted by molar-refractivity contribution is -0.384. The van der Waals surface area contributed by atoms with Gasteiger partial charge in [0.2, 0.25) is 5.91 Å². The number of nitro benzene ring substituents is 1. The van der Waals surface area contributed by atoms with Crippen molar-refractivity contribution in [2.24, 2.45) is 5.92 Å². The Labute approximate surface area is 191 Å². The number of imide groups is 1. The number of hydrogen-bond donors (Lipinski definition) is 2. The second kappa shape index (κ2) is 9.27. The number of amides is 4. The van der Waals surface area contributed by atoms with E-state index in [0.29, 0.717) is 11.3 Å². The van der Waals surface area contributed by atoms with Crippen LogP contribution in [0.4, 0.5) is 10.5 Å². The fourth-order valence-electron chi connectivity index (χ4n) is 3.76. The number of methoxy groups -OCH3 is 1. The molecule has 0 aliphatic carbocycles. The summed E-state index contributed by atoms with van der Waals surface area (Å²) >= 11 is 0. The third kappa shape index (κ3) is 4.79. The summed E-state index contributed by atoms with van der Waals surface area (Å²) in [5, 5.41) is 16.4. The van der Waals surface area contributed by atoms with Crippen LogP contribution in [0.3, 0.4) is 0 Å². The molecule has 174 valence electrons. The van der Waals surface area contributed by atoms with Gasteiger partial charge < -0.3 is 15.4 Å². The molecular formula is C23H26N4O6. The summed E-state index contributed by atoms with van der Waals surface area (Å²) < 4.78 is 5.17.